The molecule has 1 aliphatic carbocycles. The number of hydrogen-bond acceptors (Lipinski definition) is 5. The molecule has 0 radical (unpaired) electrons. The van der Waals surface area contributed by atoms with E-state index >= 15 is 0 Å². The Morgan fingerprint density at radius 1 is 1.17 bits per heavy atom. The minimum absolute atomic E-state index is 0.144. The SMILES string of the molecule is CN(CCCNC(=O)CC1CCOC2(CCN(S(C)(=O)=O)CC2)C1)C1CCCCC1. The van der Waals surface area contributed by atoms with Crippen LogP contribution in [0.1, 0.15) is 70.6 Å². The number of hydrogen-bond donors (Lipinski definition) is 1. The highest BCUT2D eigenvalue weighted by Crippen LogP contribution is 2.39. The number of amides is 1. The molecular weight excluding hydrogens is 402 g/mol. The summed E-state index contributed by atoms with van der Waals surface area (Å²) in [6.45, 7) is 3.50. The standard InChI is InChI=1S/C22H41N3O4S/c1-24(20-7-4-3-5-8-20)13-6-12-23-21(26)17-19-9-16-29-22(18-19)10-14-25(15-11-22)30(2,27)28/h19-20H,3-18H2,1-2H3,(H,23,26). The number of rotatable bonds is 8. The molecule has 30 heavy (non-hydrogen) atoms. The molecule has 3 aliphatic rings. The van der Waals surface area contributed by atoms with Crippen LogP contribution in [0.25, 0.3) is 0 Å². The quantitative estimate of drug-likeness (QED) is 0.583. The lowest BCUT2D eigenvalue weighted by molar-refractivity contribution is -0.132. The Kier molecular flexibility index (Phi) is 8.58. The first kappa shape index (κ1) is 24.0. The average Bonchev–Trinajstić information content (AvgIpc) is 2.71. The molecule has 0 aromatic heterocycles. The summed E-state index contributed by atoms with van der Waals surface area (Å²) in [6.07, 6.45) is 12.8. The molecule has 1 amide bonds. The zero-order valence-corrected chi connectivity index (χ0v) is 19.7. The second-order valence-corrected chi connectivity index (χ2v) is 11.7. The molecule has 1 unspecified atom stereocenters. The first-order chi connectivity index (χ1) is 14.3. The number of sulfonamides is 1. The molecule has 0 aromatic carbocycles. The molecule has 1 spiro atoms. The van der Waals surface area contributed by atoms with Gasteiger partial charge in [0.1, 0.15) is 0 Å². The summed E-state index contributed by atoms with van der Waals surface area (Å²) in [4.78, 5) is 14.9. The van der Waals surface area contributed by atoms with E-state index in [1.54, 1.807) is 4.31 Å². The smallest absolute Gasteiger partial charge is 0.220 e. The summed E-state index contributed by atoms with van der Waals surface area (Å²) in [6, 6.07) is 0.724. The van der Waals surface area contributed by atoms with Gasteiger partial charge in [-0.1, -0.05) is 19.3 Å². The van der Waals surface area contributed by atoms with E-state index in [-0.39, 0.29) is 11.5 Å². The van der Waals surface area contributed by atoms with Crippen LogP contribution in [-0.4, -0.2) is 81.3 Å². The highest BCUT2D eigenvalue weighted by molar-refractivity contribution is 7.88. The molecule has 3 fully saturated rings. The molecule has 2 heterocycles. The van der Waals surface area contributed by atoms with Crippen molar-refractivity contribution in [3.8, 4) is 0 Å². The summed E-state index contributed by atoms with van der Waals surface area (Å²) < 4.78 is 31.2. The molecule has 8 heteroatoms. The average molecular weight is 444 g/mol. The van der Waals surface area contributed by atoms with Gasteiger partial charge in [0.05, 0.1) is 11.9 Å². The Bertz CT molecular complexity index is 655. The topological polar surface area (TPSA) is 79.0 Å². The lowest BCUT2D eigenvalue weighted by Crippen LogP contribution is -2.50. The van der Waals surface area contributed by atoms with Crippen molar-refractivity contribution in [2.75, 3.05) is 46.1 Å². The molecule has 1 atom stereocenters. The Morgan fingerprint density at radius 3 is 2.53 bits per heavy atom. The summed E-state index contributed by atoms with van der Waals surface area (Å²) in [5.41, 5.74) is -0.243. The summed E-state index contributed by atoms with van der Waals surface area (Å²) >= 11 is 0. The number of ether oxygens (including phenoxy) is 1. The molecule has 7 nitrogen and oxygen atoms in total. The molecule has 3 rings (SSSR count). The van der Waals surface area contributed by atoms with E-state index in [0.29, 0.717) is 32.0 Å². The Balaban J connectivity index is 1.34. The fraction of sp³-hybridized carbons (Fsp3) is 0.955. The minimum atomic E-state index is -3.13. The third-order valence-electron chi connectivity index (χ3n) is 7.38. The molecule has 1 saturated carbocycles. The molecule has 2 saturated heterocycles. The van der Waals surface area contributed by atoms with Crippen LogP contribution < -0.4 is 5.32 Å². The van der Waals surface area contributed by atoms with Gasteiger partial charge in [0, 0.05) is 38.7 Å². The maximum atomic E-state index is 12.5. The van der Waals surface area contributed by atoms with Gasteiger partial charge < -0.3 is 15.0 Å². The van der Waals surface area contributed by atoms with Crippen molar-refractivity contribution in [3.63, 3.8) is 0 Å². The van der Waals surface area contributed by atoms with Crippen molar-refractivity contribution in [1.29, 1.82) is 0 Å². The van der Waals surface area contributed by atoms with Crippen LogP contribution in [0.2, 0.25) is 0 Å². The third kappa shape index (κ3) is 6.90. The Hall–Kier alpha value is -0.700. The van der Waals surface area contributed by atoms with E-state index in [0.717, 1.165) is 51.2 Å². The Labute approximate surface area is 182 Å². The normalized spacial score (nSPS) is 26.2. The van der Waals surface area contributed by atoms with Crippen LogP contribution in [0.5, 0.6) is 0 Å². The number of nitrogens with zero attached hydrogens (tertiary/aromatic N) is 2. The van der Waals surface area contributed by atoms with E-state index in [2.05, 4.69) is 17.3 Å². The minimum Gasteiger partial charge on any atom is -0.375 e. The van der Waals surface area contributed by atoms with E-state index in [1.165, 1.54) is 38.4 Å². The largest absolute Gasteiger partial charge is 0.375 e. The van der Waals surface area contributed by atoms with Crippen molar-refractivity contribution in [1.82, 2.24) is 14.5 Å². The Morgan fingerprint density at radius 2 is 1.87 bits per heavy atom. The van der Waals surface area contributed by atoms with Gasteiger partial charge in [-0.2, -0.15) is 0 Å². The fourth-order valence-electron chi connectivity index (χ4n) is 5.47. The molecule has 2 aliphatic heterocycles. The van der Waals surface area contributed by atoms with Gasteiger partial charge in [-0.15, -0.1) is 0 Å². The molecule has 1 N–H and O–H groups in total. The van der Waals surface area contributed by atoms with Gasteiger partial charge in [0.15, 0.2) is 0 Å². The van der Waals surface area contributed by atoms with Gasteiger partial charge in [0.2, 0.25) is 15.9 Å². The van der Waals surface area contributed by atoms with E-state index < -0.39 is 10.0 Å². The molecule has 0 aromatic rings. The predicted octanol–water partition coefficient (Wildman–Crippen LogP) is 2.37. The van der Waals surface area contributed by atoms with Gasteiger partial charge in [-0.25, -0.2) is 12.7 Å². The fourth-order valence-corrected chi connectivity index (χ4v) is 6.32. The second-order valence-electron chi connectivity index (χ2n) is 9.73. The second kappa shape index (κ2) is 10.7. The highest BCUT2D eigenvalue weighted by Gasteiger charge is 2.42. The number of piperidine rings is 1. The predicted molar refractivity (Wildman–Crippen MR) is 119 cm³/mol. The lowest BCUT2D eigenvalue weighted by Gasteiger charge is -2.45. The van der Waals surface area contributed by atoms with Crippen LogP contribution >= 0.6 is 0 Å². The zero-order chi connectivity index (χ0) is 21.6. The van der Waals surface area contributed by atoms with Gasteiger partial charge in [0.25, 0.3) is 0 Å². The van der Waals surface area contributed by atoms with Crippen LogP contribution in [0.15, 0.2) is 0 Å². The number of carbonyl (C=O) groups excluding carboxylic acids is 1. The summed E-state index contributed by atoms with van der Waals surface area (Å²) in [7, 11) is -0.913. The molecule has 0 bridgehead atoms. The molecular formula is C22H41N3O4S. The van der Waals surface area contributed by atoms with E-state index in [4.69, 9.17) is 4.74 Å². The van der Waals surface area contributed by atoms with Crippen LogP contribution in [-0.2, 0) is 19.6 Å². The lowest BCUT2D eigenvalue weighted by atomic mass is 9.78. The first-order valence-corrected chi connectivity index (χ1v) is 13.7. The van der Waals surface area contributed by atoms with Crippen molar-refractivity contribution in [3.05, 3.63) is 0 Å². The van der Waals surface area contributed by atoms with Crippen molar-refractivity contribution in [2.45, 2.75) is 82.3 Å². The number of carbonyl (C=O) groups is 1. The van der Waals surface area contributed by atoms with Gasteiger partial charge in [-0.3, -0.25) is 4.79 Å². The van der Waals surface area contributed by atoms with E-state index in [9.17, 15) is 13.2 Å². The maximum Gasteiger partial charge on any atom is 0.220 e. The maximum absolute atomic E-state index is 12.5. The monoisotopic (exact) mass is 443 g/mol. The van der Waals surface area contributed by atoms with E-state index in [1.807, 2.05) is 0 Å². The number of nitrogens with one attached hydrogen (secondary N) is 1. The third-order valence-corrected chi connectivity index (χ3v) is 8.68. The first-order valence-electron chi connectivity index (χ1n) is 11.8. The van der Waals surface area contributed by atoms with Crippen molar-refractivity contribution in [2.24, 2.45) is 5.92 Å². The van der Waals surface area contributed by atoms with Crippen molar-refractivity contribution >= 4 is 15.9 Å². The van der Waals surface area contributed by atoms with Crippen LogP contribution in [0.3, 0.4) is 0 Å². The van der Waals surface area contributed by atoms with Crippen LogP contribution in [0.4, 0.5) is 0 Å². The summed E-state index contributed by atoms with van der Waals surface area (Å²) in [5.74, 6) is 0.472. The van der Waals surface area contributed by atoms with Gasteiger partial charge >= 0.3 is 0 Å². The zero-order valence-electron chi connectivity index (χ0n) is 18.9. The highest BCUT2D eigenvalue weighted by atomic mass is 32.2. The van der Waals surface area contributed by atoms with Crippen molar-refractivity contribution < 1.29 is 17.9 Å². The van der Waals surface area contributed by atoms with Crippen LogP contribution in [0, 0.1) is 5.92 Å². The summed E-state index contributed by atoms with van der Waals surface area (Å²) in [5, 5.41) is 3.11. The van der Waals surface area contributed by atoms with Gasteiger partial charge in [-0.05, 0) is 64.5 Å². The molecule has 174 valence electrons.